The quantitative estimate of drug-likeness (QED) is 0.396. The van der Waals surface area contributed by atoms with E-state index in [1.807, 2.05) is 6.07 Å². The molecule has 0 fully saturated rings. The topological polar surface area (TPSA) is 94.5 Å². The lowest BCUT2D eigenvalue weighted by Gasteiger charge is -2.13. The SMILES string of the molecule is O=S(=O)(Nc1cc(Cl)ccc1Oc1ccccc1)c1ccn(S(=O)(=O)c2ccccc2)c1. The minimum Gasteiger partial charge on any atom is -0.455 e. The van der Waals surface area contributed by atoms with Gasteiger partial charge >= 0.3 is 0 Å². The largest absolute Gasteiger partial charge is 0.455 e. The minimum absolute atomic E-state index is 0.0425. The predicted molar refractivity (Wildman–Crippen MR) is 122 cm³/mol. The first-order valence-corrected chi connectivity index (χ1v) is 12.6. The number of rotatable bonds is 7. The summed E-state index contributed by atoms with van der Waals surface area (Å²) in [5.74, 6) is 0.746. The highest BCUT2D eigenvalue weighted by Gasteiger charge is 2.22. The van der Waals surface area contributed by atoms with Gasteiger partial charge in [0.25, 0.3) is 20.0 Å². The maximum atomic E-state index is 13.0. The molecular weight excluding hydrogens is 472 g/mol. The standard InChI is InChI=1S/C22H17ClN2O5S2/c23-17-11-12-22(30-18-7-3-1-4-8-18)21(15-17)24-31(26,27)20-13-14-25(16-20)32(28,29)19-9-5-2-6-10-19/h1-16,24H. The summed E-state index contributed by atoms with van der Waals surface area (Å²) < 4.78 is 60.5. The molecule has 32 heavy (non-hydrogen) atoms. The summed E-state index contributed by atoms with van der Waals surface area (Å²) in [5.41, 5.74) is 0.111. The molecule has 3 aromatic carbocycles. The van der Waals surface area contributed by atoms with E-state index in [0.717, 1.165) is 10.2 Å². The van der Waals surface area contributed by atoms with Crippen LogP contribution in [0.1, 0.15) is 0 Å². The van der Waals surface area contributed by atoms with Crippen LogP contribution >= 0.6 is 11.6 Å². The number of anilines is 1. The molecule has 10 heteroatoms. The molecule has 1 heterocycles. The van der Waals surface area contributed by atoms with E-state index < -0.39 is 20.0 Å². The lowest BCUT2D eigenvalue weighted by Crippen LogP contribution is -2.14. The Bertz CT molecular complexity index is 1450. The third-order valence-electron chi connectivity index (χ3n) is 4.43. The molecule has 1 aromatic heterocycles. The minimum atomic E-state index is -4.14. The molecule has 0 aliphatic heterocycles. The van der Waals surface area contributed by atoms with E-state index in [1.54, 1.807) is 48.5 Å². The van der Waals surface area contributed by atoms with Crippen LogP contribution in [-0.4, -0.2) is 20.8 Å². The van der Waals surface area contributed by atoms with Crippen LogP contribution in [0.2, 0.25) is 5.02 Å². The molecule has 0 saturated heterocycles. The van der Waals surface area contributed by atoms with Crippen LogP contribution in [0.25, 0.3) is 0 Å². The third kappa shape index (κ3) is 4.64. The summed E-state index contributed by atoms with van der Waals surface area (Å²) in [6, 6.07) is 22.3. The number of aromatic nitrogens is 1. The average molecular weight is 489 g/mol. The van der Waals surface area contributed by atoms with Gasteiger partial charge in [-0.2, -0.15) is 0 Å². The molecule has 0 saturated carbocycles. The van der Waals surface area contributed by atoms with E-state index in [4.69, 9.17) is 16.3 Å². The second-order valence-electron chi connectivity index (χ2n) is 6.66. The smallest absolute Gasteiger partial charge is 0.267 e. The number of nitrogens with one attached hydrogen (secondary N) is 1. The molecule has 0 aliphatic carbocycles. The fraction of sp³-hybridized carbons (Fsp3) is 0. The van der Waals surface area contributed by atoms with E-state index in [-0.39, 0.29) is 21.2 Å². The Morgan fingerprint density at radius 3 is 2.12 bits per heavy atom. The number of para-hydroxylation sites is 1. The van der Waals surface area contributed by atoms with Crippen molar-refractivity contribution in [3.63, 3.8) is 0 Å². The molecule has 4 aromatic rings. The molecule has 7 nitrogen and oxygen atoms in total. The van der Waals surface area contributed by atoms with Crippen molar-refractivity contribution in [2.24, 2.45) is 0 Å². The Labute approximate surface area is 191 Å². The molecule has 0 bridgehead atoms. The van der Waals surface area contributed by atoms with E-state index in [9.17, 15) is 16.8 Å². The van der Waals surface area contributed by atoms with Crippen LogP contribution in [0.3, 0.4) is 0 Å². The summed E-state index contributed by atoms with van der Waals surface area (Å²) in [4.78, 5) is -0.191. The molecular formula is C22H17ClN2O5S2. The predicted octanol–water partition coefficient (Wildman–Crippen LogP) is 4.97. The zero-order valence-electron chi connectivity index (χ0n) is 16.4. The van der Waals surface area contributed by atoms with Crippen molar-refractivity contribution in [3.8, 4) is 11.5 Å². The molecule has 0 amide bonds. The van der Waals surface area contributed by atoms with Gasteiger partial charge in [-0.1, -0.05) is 48.0 Å². The summed E-state index contributed by atoms with van der Waals surface area (Å²) in [6.07, 6.45) is 2.21. The molecule has 0 atom stereocenters. The van der Waals surface area contributed by atoms with Crippen molar-refractivity contribution in [1.82, 2.24) is 3.97 Å². The highest BCUT2D eigenvalue weighted by Crippen LogP contribution is 2.33. The number of hydrogen-bond acceptors (Lipinski definition) is 5. The van der Waals surface area contributed by atoms with Gasteiger partial charge in [0.1, 0.15) is 10.6 Å². The summed E-state index contributed by atoms with van der Waals surface area (Å²) >= 11 is 6.05. The number of hydrogen-bond donors (Lipinski definition) is 1. The maximum Gasteiger partial charge on any atom is 0.267 e. The van der Waals surface area contributed by atoms with Gasteiger partial charge in [-0.3, -0.25) is 4.72 Å². The van der Waals surface area contributed by atoms with E-state index >= 15 is 0 Å². The molecule has 0 radical (unpaired) electrons. The Hall–Kier alpha value is -3.27. The van der Waals surface area contributed by atoms with E-state index in [0.29, 0.717) is 10.8 Å². The lowest BCUT2D eigenvalue weighted by molar-refractivity contribution is 0.485. The van der Waals surface area contributed by atoms with Gasteiger partial charge in [-0.05, 0) is 48.5 Å². The summed E-state index contributed by atoms with van der Waals surface area (Å²) in [6.45, 7) is 0. The average Bonchev–Trinajstić information content (AvgIpc) is 3.29. The summed E-state index contributed by atoms with van der Waals surface area (Å²) in [5, 5.41) is 0.298. The Morgan fingerprint density at radius 1 is 0.781 bits per heavy atom. The Kier molecular flexibility index (Phi) is 5.96. The highest BCUT2D eigenvalue weighted by atomic mass is 35.5. The number of ether oxygens (including phenoxy) is 1. The first-order valence-electron chi connectivity index (χ1n) is 9.30. The van der Waals surface area contributed by atoms with Crippen LogP contribution in [-0.2, 0) is 20.0 Å². The second kappa shape index (κ2) is 8.70. The number of sulfonamides is 1. The fourth-order valence-corrected chi connectivity index (χ4v) is 5.39. The highest BCUT2D eigenvalue weighted by molar-refractivity contribution is 7.93. The maximum absolute atomic E-state index is 13.0. The summed E-state index contributed by atoms with van der Waals surface area (Å²) in [7, 11) is -8.07. The molecule has 1 N–H and O–H groups in total. The Morgan fingerprint density at radius 2 is 1.44 bits per heavy atom. The second-order valence-corrected chi connectivity index (χ2v) is 10.6. The van der Waals surface area contributed by atoms with E-state index in [1.165, 1.54) is 36.5 Å². The van der Waals surface area contributed by atoms with Crippen molar-refractivity contribution in [3.05, 3.63) is 102 Å². The Balaban J connectivity index is 1.64. The third-order valence-corrected chi connectivity index (χ3v) is 7.66. The van der Waals surface area contributed by atoms with Crippen molar-refractivity contribution in [2.45, 2.75) is 9.79 Å². The van der Waals surface area contributed by atoms with E-state index in [2.05, 4.69) is 4.72 Å². The zero-order valence-corrected chi connectivity index (χ0v) is 18.8. The lowest BCUT2D eigenvalue weighted by atomic mass is 10.3. The van der Waals surface area contributed by atoms with Gasteiger partial charge in [0.15, 0.2) is 5.75 Å². The van der Waals surface area contributed by atoms with Crippen molar-refractivity contribution in [2.75, 3.05) is 4.72 Å². The van der Waals surface area contributed by atoms with Crippen molar-refractivity contribution >= 4 is 37.3 Å². The van der Waals surface area contributed by atoms with Gasteiger partial charge in [0.05, 0.1) is 10.6 Å². The molecule has 164 valence electrons. The molecule has 0 aliphatic rings. The number of benzene rings is 3. The normalized spacial score (nSPS) is 11.8. The van der Waals surface area contributed by atoms with Gasteiger partial charge in [0, 0.05) is 17.4 Å². The number of halogens is 1. The van der Waals surface area contributed by atoms with Crippen LogP contribution < -0.4 is 9.46 Å². The van der Waals surface area contributed by atoms with Crippen LogP contribution in [0, 0.1) is 0 Å². The number of nitrogens with zero attached hydrogens (tertiary/aromatic N) is 1. The molecule has 0 unspecified atom stereocenters. The van der Waals surface area contributed by atoms with Crippen molar-refractivity contribution < 1.29 is 21.6 Å². The zero-order chi connectivity index (χ0) is 22.8. The fourth-order valence-electron chi connectivity index (χ4n) is 2.87. The monoisotopic (exact) mass is 488 g/mol. The van der Waals surface area contributed by atoms with Crippen LogP contribution in [0.4, 0.5) is 5.69 Å². The van der Waals surface area contributed by atoms with Gasteiger partial charge < -0.3 is 4.74 Å². The van der Waals surface area contributed by atoms with Gasteiger partial charge in [0.2, 0.25) is 0 Å². The van der Waals surface area contributed by atoms with Gasteiger partial charge in [-0.15, -0.1) is 0 Å². The van der Waals surface area contributed by atoms with Crippen LogP contribution in [0.15, 0.2) is 107 Å². The molecule has 4 rings (SSSR count). The first-order chi connectivity index (χ1) is 15.3. The van der Waals surface area contributed by atoms with Crippen molar-refractivity contribution in [1.29, 1.82) is 0 Å². The first kappa shape index (κ1) is 21.9. The van der Waals surface area contributed by atoms with Gasteiger partial charge in [-0.25, -0.2) is 20.8 Å². The van der Waals surface area contributed by atoms with Crippen LogP contribution in [0.5, 0.6) is 11.5 Å². The molecule has 0 spiro atoms.